The van der Waals surface area contributed by atoms with Crippen LogP contribution in [0.4, 0.5) is 16.2 Å². The number of carbonyl (C=O) groups excluding carboxylic acids is 2. The van der Waals surface area contributed by atoms with E-state index in [0.717, 1.165) is 0 Å². The number of hydrogen-bond donors (Lipinski definition) is 3. The summed E-state index contributed by atoms with van der Waals surface area (Å²) < 4.78 is 0. The van der Waals surface area contributed by atoms with E-state index in [2.05, 4.69) is 26.6 Å². The Hall–Kier alpha value is -1.56. The van der Waals surface area contributed by atoms with Gasteiger partial charge in [-0.2, -0.15) is 0 Å². The molecule has 5 nitrogen and oxygen atoms in total. The van der Waals surface area contributed by atoms with Gasteiger partial charge in [0.25, 0.3) is 0 Å². The van der Waals surface area contributed by atoms with Crippen LogP contribution in [0.2, 0.25) is 0 Å². The third-order valence-electron chi connectivity index (χ3n) is 1.54. The molecule has 0 spiro atoms. The standard InChI is InChI=1S/C9H10BrN3O2/c10-5-8(14)12-6-2-1-3-7(4-6)13-9(11)15/h1-4H,5H2,(H,12,14)(H3,11,13,15). The lowest BCUT2D eigenvalue weighted by Gasteiger charge is -2.06. The maximum atomic E-state index is 11.0. The molecule has 0 aromatic heterocycles. The number of halogens is 1. The Kier molecular flexibility index (Phi) is 4.11. The number of rotatable bonds is 3. The van der Waals surface area contributed by atoms with E-state index in [1.54, 1.807) is 24.3 Å². The maximum Gasteiger partial charge on any atom is 0.316 e. The summed E-state index contributed by atoms with van der Waals surface area (Å²) in [4.78, 5) is 21.6. The van der Waals surface area contributed by atoms with Crippen molar-refractivity contribution in [2.45, 2.75) is 0 Å². The minimum atomic E-state index is -0.640. The highest BCUT2D eigenvalue weighted by molar-refractivity contribution is 9.09. The quantitative estimate of drug-likeness (QED) is 0.728. The van der Waals surface area contributed by atoms with Gasteiger partial charge in [0.15, 0.2) is 0 Å². The van der Waals surface area contributed by atoms with Crippen molar-refractivity contribution in [3.8, 4) is 0 Å². The lowest BCUT2D eigenvalue weighted by molar-refractivity contribution is -0.113. The average molecular weight is 272 g/mol. The summed E-state index contributed by atoms with van der Waals surface area (Å²) in [6, 6.07) is 6.07. The zero-order chi connectivity index (χ0) is 11.3. The molecule has 15 heavy (non-hydrogen) atoms. The summed E-state index contributed by atoms with van der Waals surface area (Å²) in [6.07, 6.45) is 0. The molecule has 1 aromatic carbocycles. The highest BCUT2D eigenvalue weighted by Crippen LogP contribution is 2.14. The van der Waals surface area contributed by atoms with E-state index in [1.807, 2.05) is 0 Å². The highest BCUT2D eigenvalue weighted by atomic mass is 79.9. The van der Waals surface area contributed by atoms with Crippen LogP contribution in [0.5, 0.6) is 0 Å². The normalized spacial score (nSPS) is 9.40. The Morgan fingerprint density at radius 3 is 2.40 bits per heavy atom. The second-order valence-electron chi connectivity index (χ2n) is 2.75. The molecule has 6 heteroatoms. The van der Waals surface area contributed by atoms with Crippen LogP contribution in [0, 0.1) is 0 Å². The fourth-order valence-electron chi connectivity index (χ4n) is 1.01. The molecule has 1 aromatic rings. The third kappa shape index (κ3) is 3.99. The van der Waals surface area contributed by atoms with Crippen molar-refractivity contribution >= 4 is 39.2 Å². The molecule has 0 aliphatic carbocycles. The summed E-state index contributed by atoms with van der Waals surface area (Å²) in [6.45, 7) is 0. The second kappa shape index (κ2) is 5.35. The zero-order valence-corrected chi connectivity index (χ0v) is 9.37. The first kappa shape index (κ1) is 11.5. The van der Waals surface area contributed by atoms with Crippen LogP contribution in [0.25, 0.3) is 0 Å². The number of nitrogens with two attached hydrogens (primary N) is 1. The van der Waals surface area contributed by atoms with Crippen LogP contribution in [0.15, 0.2) is 24.3 Å². The number of benzene rings is 1. The number of nitrogens with one attached hydrogen (secondary N) is 2. The molecule has 1 rings (SSSR count). The van der Waals surface area contributed by atoms with Gasteiger partial charge in [0.1, 0.15) is 0 Å². The minimum Gasteiger partial charge on any atom is -0.351 e. The van der Waals surface area contributed by atoms with Crippen LogP contribution in [0.3, 0.4) is 0 Å². The van der Waals surface area contributed by atoms with Crippen LogP contribution in [-0.2, 0) is 4.79 Å². The summed E-state index contributed by atoms with van der Waals surface area (Å²) in [5, 5.41) is 5.26. The molecule has 0 atom stereocenters. The number of amides is 3. The highest BCUT2D eigenvalue weighted by Gasteiger charge is 2.01. The lowest BCUT2D eigenvalue weighted by atomic mass is 10.3. The predicted octanol–water partition coefficient (Wildman–Crippen LogP) is 1.51. The molecule has 0 fully saturated rings. The maximum absolute atomic E-state index is 11.0. The number of alkyl halides is 1. The van der Waals surface area contributed by atoms with E-state index in [4.69, 9.17) is 5.73 Å². The second-order valence-corrected chi connectivity index (χ2v) is 3.31. The van der Waals surface area contributed by atoms with Gasteiger partial charge in [-0.15, -0.1) is 0 Å². The van der Waals surface area contributed by atoms with Crippen molar-refractivity contribution in [1.82, 2.24) is 0 Å². The van der Waals surface area contributed by atoms with Gasteiger partial charge < -0.3 is 16.4 Å². The molecule has 0 saturated heterocycles. The van der Waals surface area contributed by atoms with Crippen molar-refractivity contribution in [2.75, 3.05) is 16.0 Å². The molecule has 0 aliphatic rings. The first-order valence-corrected chi connectivity index (χ1v) is 5.26. The number of carbonyl (C=O) groups is 2. The predicted molar refractivity (Wildman–Crippen MR) is 62.1 cm³/mol. The summed E-state index contributed by atoms with van der Waals surface area (Å²) in [5.74, 6) is -0.161. The van der Waals surface area contributed by atoms with Gasteiger partial charge in [0.2, 0.25) is 5.91 Å². The van der Waals surface area contributed by atoms with E-state index >= 15 is 0 Å². The Morgan fingerprint density at radius 2 is 1.87 bits per heavy atom. The monoisotopic (exact) mass is 271 g/mol. The number of hydrogen-bond acceptors (Lipinski definition) is 2. The van der Waals surface area contributed by atoms with E-state index in [-0.39, 0.29) is 11.2 Å². The largest absolute Gasteiger partial charge is 0.351 e. The first-order chi connectivity index (χ1) is 7.11. The van der Waals surface area contributed by atoms with Gasteiger partial charge in [-0.05, 0) is 18.2 Å². The summed E-state index contributed by atoms with van der Waals surface area (Å²) in [5.41, 5.74) is 6.10. The number of primary amides is 1. The first-order valence-electron chi connectivity index (χ1n) is 4.14. The van der Waals surface area contributed by atoms with E-state index in [1.165, 1.54) is 0 Å². The molecule has 4 N–H and O–H groups in total. The fraction of sp³-hybridized carbons (Fsp3) is 0.111. The van der Waals surface area contributed by atoms with E-state index < -0.39 is 6.03 Å². The molecule has 0 heterocycles. The van der Waals surface area contributed by atoms with Gasteiger partial charge >= 0.3 is 6.03 Å². The minimum absolute atomic E-state index is 0.161. The van der Waals surface area contributed by atoms with Gasteiger partial charge in [-0.3, -0.25) is 4.79 Å². The molecule has 0 radical (unpaired) electrons. The van der Waals surface area contributed by atoms with Crippen molar-refractivity contribution in [2.24, 2.45) is 5.73 Å². The molecular formula is C9H10BrN3O2. The summed E-state index contributed by atoms with van der Waals surface area (Å²) >= 11 is 3.03. The molecular weight excluding hydrogens is 262 g/mol. The topological polar surface area (TPSA) is 84.2 Å². The van der Waals surface area contributed by atoms with Gasteiger partial charge in [-0.1, -0.05) is 22.0 Å². The van der Waals surface area contributed by atoms with Gasteiger partial charge in [0.05, 0.1) is 5.33 Å². The Morgan fingerprint density at radius 1 is 1.27 bits per heavy atom. The van der Waals surface area contributed by atoms with Crippen LogP contribution >= 0.6 is 15.9 Å². The summed E-state index contributed by atoms with van der Waals surface area (Å²) in [7, 11) is 0. The molecule has 0 bridgehead atoms. The van der Waals surface area contributed by atoms with Crippen LogP contribution in [0.1, 0.15) is 0 Å². The smallest absolute Gasteiger partial charge is 0.316 e. The number of anilines is 2. The Bertz CT molecular complexity index is 381. The lowest BCUT2D eigenvalue weighted by Crippen LogP contribution is -2.19. The Labute approximate surface area is 95.2 Å². The van der Waals surface area contributed by atoms with Crippen molar-refractivity contribution in [3.63, 3.8) is 0 Å². The number of urea groups is 1. The van der Waals surface area contributed by atoms with Crippen LogP contribution in [-0.4, -0.2) is 17.3 Å². The zero-order valence-electron chi connectivity index (χ0n) is 7.79. The third-order valence-corrected chi connectivity index (χ3v) is 2.04. The van der Waals surface area contributed by atoms with Gasteiger partial charge in [0, 0.05) is 11.4 Å². The van der Waals surface area contributed by atoms with Crippen molar-refractivity contribution < 1.29 is 9.59 Å². The van der Waals surface area contributed by atoms with E-state index in [9.17, 15) is 9.59 Å². The average Bonchev–Trinajstić information content (AvgIpc) is 2.17. The van der Waals surface area contributed by atoms with Crippen molar-refractivity contribution in [1.29, 1.82) is 0 Å². The molecule has 0 unspecified atom stereocenters. The van der Waals surface area contributed by atoms with E-state index in [0.29, 0.717) is 11.4 Å². The van der Waals surface area contributed by atoms with Crippen LogP contribution < -0.4 is 16.4 Å². The molecule has 0 aliphatic heterocycles. The Balaban J connectivity index is 2.74. The molecule has 80 valence electrons. The molecule has 0 saturated carbocycles. The van der Waals surface area contributed by atoms with Crippen molar-refractivity contribution in [3.05, 3.63) is 24.3 Å². The molecule has 3 amide bonds. The fourth-order valence-corrected chi connectivity index (χ4v) is 1.15. The SMILES string of the molecule is NC(=O)Nc1cccc(NC(=O)CBr)c1. The van der Waals surface area contributed by atoms with Gasteiger partial charge in [-0.25, -0.2) is 4.79 Å².